The zero-order valence-corrected chi connectivity index (χ0v) is 15.0. The second-order valence-electron chi connectivity index (χ2n) is 8.80. The highest BCUT2D eigenvalue weighted by molar-refractivity contribution is 5.69. The fourth-order valence-electron chi connectivity index (χ4n) is 6.85. The number of fused-ring (bicyclic) bond motifs is 3. The third-order valence-corrected chi connectivity index (χ3v) is 8.01. The molecule has 6 nitrogen and oxygen atoms in total. The topological polar surface area (TPSA) is 78.6 Å². The molecule has 1 aromatic carbocycles. The fraction of sp³-hybridized carbons (Fsp3) is 0.524. The smallest absolute Gasteiger partial charge is 0.407 e. The number of hydrogen-bond donors (Lipinski definition) is 2. The van der Waals surface area contributed by atoms with Crippen molar-refractivity contribution in [2.24, 2.45) is 23.2 Å². The van der Waals surface area contributed by atoms with Crippen LogP contribution in [0, 0.1) is 23.2 Å². The SMILES string of the molecule is O=C(O)N1CC2CCC(C1)C21C[C@@H]([C@@H]2c3ccccc3-c3cncn32)[C@H]1O. The summed E-state index contributed by atoms with van der Waals surface area (Å²) in [6.07, 6.45) is 5.66. The van der Waals surface area contributed by atoms with Gasteiger partial charge in [0.2, 0.25) is 0 Å². The van der Waals surface area contributed by atoms with Gasteiger partial charge in [-0.05, 0) is 36.7 Å². The Hall–Kier alpha value is -2.34. The van der Waals surface area contributed by atoms with Crippen molar-refractivity contribution < 1.29 is 15.0 Å². The molecular weight excluding hydrogens is 342 g/mol. The highest BCUT2D eigenvalue weighted by Gasteiger charge is 2.67. The second-order valence-corrected chi connectivity index (χ2v) is 8.80. The van der Waals surface area contributed by atoms with Gasteiger partial charge in [0.15, 0.2) is 0 Å². The molecule has 2 bridgehead atoms. The van der Waals surface area contributed by atoms with Gasteiger partial charge in [0, 0.05) is 30.0 Å². The van der Waals surface area contributed by atoms with Gasteiger partial charge in [-0.2, -0.15) is 0 Å². The molecule has 6 heteroatoms. The maximum Gasteiger partial charge on any atom is 0.407 e. The molecule has 2 aliphatic heterocycles. The maximum atomic E-state index is 11.4. The summed E-state index contributed by atoms with van der Waals surface area (Å²) < 4.78 is 2.22. The van der Waals surface area contributed by atoms with Crippen LogP contribution in [0.2, 0.25) is 0 Å². The third kappa shape index (κ3) is 1.79. The summed E-state index contributed by atoms with van der Waals surface area (Å²) in [6, 6.07) is 8.57. The van der Waals surface area contributed by atoms with Gasteiger partial charge < -0.3 is 19.7 Å². The van der Waals surface area contributed by atoms with Crippen molar-refractivity contribution in [3.8, 4) is 11.3 Å². The molecule has 140 valence electrons. The Bertz CT molecular complexity index is 924. The van der Waals surface area contributed by atoms with E-state index < -0.39 is 6.09 Å². The van der Waals surface area contributed by atoms with Crippen molar-refractivity contribution in [2.45, 2.75) is 31.4 Å². The Balaban J connectivity index is 1.34. The number of benzene rings is 1. The summed E-state index contributed by atoms with van der Waals surface area (Å²) in [5.41, 5.74) is 3.54. The van der Waals surface area contributed by atoms with E-state index >= 15 is 0 Å². The summed E-state index contributed by atoms with van der Waals surface area (Å²) in [5, 5.41) is 20.8. The van der Waals surface area contributed by atoms with Crippen LogP contribution < -0.4 is 0 Å². The zero-order valence-electron chi connectivity index (χ0n) is 15.0. The Morgan fingerprint density at radius 1 is 1.19 bits per heavy atom. The maximum absolute atomic E-state index is 11.4. The van der Waals surface area contributed by atoms with Crippen LogP contribution in [0.3, 0.4) is 0 Å². The number of carboxylic acid groups (broad SMARTS) is 1. The first-order valence-electron chi connectivity index (χ1n) is 9.88. The van der Waals surface area contributed by atoms with Gasteiger partial charge in [0.1, 0.15) is 0 Å². The first-order valence-corrected chi connectivity index (χ1v) is 9.88. The van der Waals surface area contributed by atoms with Gasteiger partial charge in [-0.15, -0.1) is 0 Å². The molecule has 1 amide bonds. The summed E-state index contributed by atoms with van der Waals surface area (Å²) in [7, 11) is 0. The van der Waals surface area contributed by atoms with Crippen molar-refractivity contribution in [1.82, 2.24) is 14.5 Å². The lowest BCUT2D eigenvalue weighted by atomic mass is 9.48. The van der Waals surface area contributed by atoms with E-state index in [1.165, 1.54) is 11.1 Å². The number of likely N-dealkylation sites (tertiary alicyclic amines) is 1. The van der Waals surface area contributed by atoms with E-state index in [0.717, 1.165) is 25.0 Å². The third-order valence-electron chi connectivity index (χ3n) is 8.01. The van der Waals surface area contributed by atoms with Crippen LogP contribution in [0.1, 0.15) is 30.9 Å². The van der Waals surface area contributed by atoms with Gasteiger partial charge in [0.25, 0.3) is 0 Å². The monoisotopic (exact) mass is 365 g/mol. The number of aliphatic hydroxyl groups excluding tert-OH is 1. The average molecular weight is 365 g/mol. The molecule has 2 aromatic rings. The predicted octanol–water partition coefficient (Wildman–Crippen LogP) is 2.84. The Labute approximate surface area is 157 Å². The number of imidazole rings is 1. The van der Waals surface area contributed by atoms with Crippen molar-refractivity contribution >= 4 is 6.09 Å². The lowest BCUT2D eigenvalue weighted by Crippen LogP contribution is -2.65. The molecule has 5 atom stereocenters. The van der Waals surface area contributed by atoms with E-state index in [2.05, 4.69) is 33.8 Å². The predicted molar refractivity (Wildman–Crippen MR) is 98.2 cm³/mol. The van der Waals surface area contributed by atoms with E-state index in [0.29, 0.717) is 13.1 Å². The number of carbonyl (C=O) groups is 1. The van der Waals surface area contributed by atoms with Crippen LogP contribution in [0.5, 0.6) is 0 Å². The first kappa shape index (κ1) is 15.7. The summed E-state index contributed by atoms with van der Waals surface area (Å²) in [4.78, 5) is 17.3. The van der Waals surface area contributed by atoms with Crippen LogP contribution in [-0.2, 0) is 0 Å². The van der Waals surface area contributed by atoms with Crippen LogP contribution in [0.25, 0.3) is 11.3 Å². The molecule has 4 aliphatic rings. The highest BCUT2D eigenvalue weighted by Crippen LogP contribution is 2.67. The largest absolute Gasteiger partial charge is 0.465 e. The van der Waals surface area contributed by atoms with Gasteiger partial charge in [-0.25, -0.2) is 9.78 Å². The molecule has 2 saturated carbocycles. The number of aromatic nitrogens is 2. The second kappa shape index (κ2) is 5.13. The number of amides is 1. The minimum absolute atomic E-state index is 0.0884. The molecule has 1 saturated heterocycles. The summed E-state index contributed by atoms with van der Waals surface area (Å²) >= 11 is 0. The highest BCUT2D eigenvalue weighted by atomic mass is 16.4. The Morgan fingerprint density at radius 2 is 1.93 bits per heavy atom. The molecule has 0 radical (unpaired) electrons. The standard InChI is InChI=1S/C21H23N3O3/c25-19-16(7-21(19)12-5-6-13(21)10-23(9-12)20(26)27)18-15-4-2-1-3-14(15)17-8-22-11-24(17)18/h1-4,8,11-13,16,18-19,25H,5-7,9-10H2,(H,26,27)/t12?,13?,16-,18-,19+,21?/m0/s1. The minimum Gasteiger partial charge on any atom is -0.465 e. The quantitative estimate of drug-likeness (QED) is 0.815. The van der Waals surface area contributed by atoms with Gasteiger partial charge in [0.05, 0.1) is 30.4 Å². The molecule has 3 fully saturated rings. The minimum atomic E-state index is -0.820. The lowest BCUT2D eigenvalue weighted by Gasteiger charge is -2.61. The van der Waals surface area contributed by atoms with Crippen LogP contribution in [-0.4, -0.2) is 50.0 Å². The van der Waals surface area contributed by atoms with E-state index in [1.54, 1.807) is 4.90 Å². The Kier molecular flexibility index (Phi) is 2.98. The molecule has 2 aliphatic carbocycles. The number of rotatable bonds is 1. The molecule has 3 heterocycles. The normalized spacial score (nSPS) is 38.6. The van der Waals surface area contributed by atoms with E-state index in [-0.39, 0.29) is 35.3 Å². The summed E-state index contributed by atoms with van der Waals surface area (Å²) in [6.45, 7) is 1.15. The average Bonchev–Trinajstić information content (AvgIpc) is 3.30. The van der Waals surface area contributed by atoms with E-state index in [4.69, 9.17) is 0 Å². The lowest BCUT2D eigenvalue weighted by molar-refractivity contribution is -0.193. The van der Waals surface area contributed by atoms with Crippen LogP contribution >= 0.6 is 0 Å². The summed E-state index contributed by atoms with van der Waals surface area (Å²) in [5.74, 6) is 0.746. The van der Waals surface area contributed by atoms with Crippen LogP contribution in [0.4, 0.5) is 4.79 Å². The molecule has 1 aromatic heterocycles. The number of hydrogen-bond acceptors (Lipinski definition) is 3. The van der Waals surface area contributed by atoms with Crippen molar-refractivity contribution in [1.29, 1.82) is 0 Å². The van der Waals surface area contributed by atoms with Crippen LogP contribution in [0.15, 0.2) is 36.8 Å². The molecule has 27 heavy (non-hydrogen) atoms. The number of aliphatic hydroxyl groups is 1. The fourth-order valence-corrected chi connectivity index (χ4v) is 6.85. The van der Waals surface area contributed by atoms with Gasteiger partial charge in [-0.1, -0.05) is 24.3 Å². The van der Waals surface area contributed by atoms with E-state index in [9.17, 15) is 15.0 Å². The van der Waals surface area contributed by atoms with Crippen molar-refractivity contribution in [3.05, 3.63) is 42.4 Å². The van der Waals surface area contributed by atoms with Gasteiger partial charge >= 0.3 is 6.09 Å². The molecule has 2 N–H and O–H groups in total. The van der Waals surface area contributed by atoms with E-state index in [1.807, 2.05) is 12.5 Å². The number of piperidine rings is 1. The van der Waals surface area contributed by atoms with Gasteiger partial charge in [-0.3, -0.25) is 0 Å². The first-order chi connectivity index (χ1) is 13.1. The van der Waals surface area contributed by atoms with Crippen molar-refractivity contribution in [3.63, 3.8) is 0 Å². The molecule has 2 unspecified atom stereocenters. The molecule has 6 rings (SSSR count). The molecule has 1 spiro atoms. The molecular formula is C21H23N3O3. The Morgan fingerprint density at radius 3 is 2.63 bits per heavy atom. The zero-order chi connectivity index (χ0) is 18.3. The number of nitrogens with zero attached hydrogens (tertiary/aromatic N) is 3. The van der Waals surface area contributed by atoms with Crippen molar-refractivity contribution in [2.75, 3.05) is 13.1 Å².